The molecule has 0 amide bonds. The summed E-state index contributed by atoms with van der Waals surface area (Å²) in [6.45, 7) is 2.41. The van der Waals surface area contributed by atoms with Crippen molar-refractivity contribution in [3.63, 3.8) is 0 Å². The lowest BCUT2D eigenvalue weighted by molar-refractivity contribution is 0.422. The van der Waals surface area contributed by atoms with Gasteiger partial charge in [0.25, 0.3) is 0 Å². The number of hydrogen-bond donors (Lipinski definition) is 0. The minimum Gasteiger partial charge on any atom is -0.0622 e. The van der Waals surface area contributed by atoms with Gasteiger partial charge < -0.3 is 0 Å². The highest BCUT2D eigenvalue weighted by Gasteiger charge is 2.47. The van der Waals surface area contributed by atoms with Gasteiger partial charge in [0, 0.05) is 5.41 Å². The van der Waals surface area contributed by atoms with Crippen molar-refractivity contribution in [2.45, 2.75) is 63.7 Å². The van der Waals surface area contributed by atoms with Gasteiger partial charge in [0.05, 0.1) is 0 Å². The lowest BCUT2D eigenvalue weighted by Gasteiger charge is -2.41. The van der Waals surface area contributed by atoms with Crippen LogP contribution >= 0.6 is 0 Å². The predicted molar refractivity (Wildman–Crippen MR) is 84.8 cm³/mol. The van der Waals surface area contributed by atoms with Crippen LogP contribution in [0.1, 0.15) is 63.9 Å². The average molecular weight is 264 g/mol. The maximum absolute atomic E-state index is 2.41. The van der Waals surface area contributed by atoms with E-state index in [2.05, 4.69) is 37.3 Å². The van der Waals surface area contributed by atoms with Crippen LogP contribution in [0.2, 0.25) is 0 Å². The molecule has 1 fully saturated rings. The first kappa shape index (κ1) is 12.4. The molecule has 1 unspecified atom stereocenters. The number of benzene rings is 1. The van der Waals surface area contributed by atoms with E-state index in [0.29, 0.717) is 5.41 Å². The van der Waals surface area contributed by atoms with Crippen LogP contribution in [0, 0.1) is 0 Å². The van der Waals surface area contributed by atoms with Crippen molar-refractivity contribution < 1.29 is 0 Å². The van der Waals surface area contributed by atoms with Crippen LogP contribution in [0.25, 0.3) is 0 Å². The van der Waals surface area contributed by atoms with Crippen molar-refractivity contribution in [2.75, 3.05) is 0 Å². The Morgan fingerprint density at radius 2 is 1.50 bits per heavy atom. The maximum Gasteiger partial charge on any atom is 0.0382 e. The standard InChI is InChI=1S/C20H24/c1-15-17-11-5-6-13-19(17)20(14-8-7-12-18(15)20)16-9-3-2-4-10-16/h2-4,9-10H,5-8,11-14H2,1H3. The smallest absolute Gasteiger partial charge is 0.0382 e. The second kappa shape index (κ2) is 4.62. The third-order valence-electron chi connectivity index (χ3n) is 5.90. The van der Waals surface area contributed by atoms with E-state index in [1.807, 2.05) is 5.57 Å². The highest BCUT2D eigenvalue weighted by molar-refractivity contribution is 5.62. The Morgan fingerprint density at radius 1 is 0.800 bits per heavy atom. The zero-order valence-corrected chi connectivity index (χ0v) is 12.5. The fourth-order valence-electron chi connectivity index (χ4n) is 5.08. The molecule has 0 heteroatoms. The second-order valence-electron chi connectivity index (χ2n) is 6.75. The van der Waals surface area contributed by atoms with Crippen molar-refractivity contribution in [3.8, 4) is 0 Å². The van der Waals surface area contributed by atoms with Crippen LogP contribution in [0.15, 0.2) is 52.6 Å². The summed E-state index contributed by atoms with van der Waals surface area (Å²) in [7, 11) is 0. The van der Waals surface area contributed by atoms with E-state index in [-0.39, 0.29) is 0 Å². The summed E-state index contributed by atoms with van der Waals surface area (Å²) in [5.74, 6) is 0. The van der Waals surface area contributed by atoms with E-state index in [1.165, 1.54) is 51.4 Å². The van der Waals surface area contributed by atoms with Gasteiger partial charge in [-0.1, -0.05) is 47.9 Å². The van der Waals surface area contributed by atoms with E-state index in [4.69, 9.17) is 0 Å². The fourth-order valence-corrected chi connectivity index (χ4v) is 5.08. The molecule has 0 aromatic heterocycles. The Balaban J connectivity index is 1.95. The van der Waals surface area contributed by atoms with E-state index < -0.39 is 0 Å². The molecule has 4 rings (SSSR count). The number of hydrogen-bond acceptors (Lipinski definition) is 0. The Labute approximate surface area is 122 Å². The summed E-state index contributed by atoms with van der Waals surface area (Å²) in [5, 5.41) is 0. The second-order valence-corrected chi connectivity index (χ2v) is 6.75. The van der Waals surface area contributed by atoms with Gasteiger partial charge in [-0.2, -0.15) is 0 Å². The molecule has 1 aromatic rings. The van der Waals surface area contributed by atoms with Gasteiger partial charge in [0.15, 0.2) is 0 Å². The molecule has 1 atom stereocenters. The van der Waals surface area contributed by atoms with Crippen molar-refractivity contribution in [1.82, 2.24) is 0 Å². The summed E-state index contributed by atoms with van der Waals surface area (Å²) in [6, 6.07) is 11.4. The highest BCUT2D eigenvalue weighted by Crippen LogP contribution is 2.59. The predicted octanol–water partition coefficient (Wildman–Crippen LogP) is 5.70. The van der Waals surface area contributed by atoms with Crippen LogP contribution in [-0.2, 0) is 5.41 Å². The van der Waals surface area contributed by atoms with E-state index in [0.717, 1.165) is 0 Å². The monoisotopic (exact) mass is 264 g/mol. The minimum absolute atomic E-state index is 0.305. The first-order valence-electron chi connectivity index (χ1n) is 8.32. The number of allylic oxidation sites excluding steroid dienone is 4. The molecular weight excluding hydrogens is 240 g/mol. The van der Waals surface area contributed by atoms with Crippen LogP contribution in [0.3, 0.4) is 0 Å². The highest BCUT2D eigenvalue weighted by atomic mass is 14.5. The molecule has 0 spiro atoms. The summed E-state index contributed by atoms with van der Waals surface area (Å²) in [6.07, 6.45) is 10.9. The molecule has 3 aliphatic carbocycles. The van der Waals surface area contributed by atoms with Gasteiger partial charge >= 0.3 is 0 Å². The van der Waals surface area contributed by atoms with Crippen LogP contribution in [0.5, 0.6) is 0 Å². The zero-order valence-electron chi connectivity index (χ0n) is 12.5. The molecule has 0 heterocycles. The van der Waals surface area contributed by atoms with Gasteiger partial charge in [-0.25, -0.2) is 0 Å². The van der Waals surface area contributed by atoms with Gasteiger partial charge in [0.2, 0.25) is 0 Å². The van der Waals surface area contributed by atoms with Gasteiger partial charge in [0.1, 0.15) is 0 Å². The van der Waals surface area contributed by atoms with Crippen LogP contribution < -0.4 is 0 Å². The van der Waals surface area contributed by atoms with Crippen molar-refractivity contribution in [3.05, 3.63) is 58.2 Å². The molecule has 0 aliphatic heterocycles. The Kier molecular flexibility index (Phi) is 2.87. The number of rotatable bonds is 1. The molecule has 1 saturated carbocycles. The van der Waals surface area contributed by atoms with Gasteiger partial charge in [-0.05, 0) is 68.6 Å². The lowest BCUT2D eigenvalue weighted by atomic mass is 9.62. The van der Waals surface area contributed by atoms with Crippen LogP contribution in [0.4, 0.5) is 0 Å². The first-order valence-corrected chi connectivity index (χ1v) is 8.32. The number of fused-ring (bicyclic) bond motifs is 2. The van der Waals surface area contributed by atoms with E-state index >= 15 is 0 Å². The molecule has 0 bridgehead atoms. The van der Waals surface area contributed by atoms with Crippen molar-refractivity contribution in [1.29, 1.82) is 0 Å². The zero-order chi connectivity index (χ0) is 13.6. The molecule has 3 aliphatic rings. The minimum atomic E-state index is 0.305. The average Bonchev–Trinajstić information content (AvgIpc) is 2.80. The lowest BCUT2D eigenvalue weighted by Crippen LogP contribution is -2.32. The normalized spacial score (nSPS) is 29.4. The largest absolute Gasteiger partial charge is 0.0622 e. The van der Waals surface area contributed by atoms with Gasteiger partial charge in [-0.3, -0.25) is 0 Å². The third kappa shape index (κ3) is 1.54. The SMILES string of the molecule is CC1=C2CCCCC2(c2ccccc2)C2=C1CCCC2. The molecule has 20 heavy (non-hydrogen) atoms. The summed E-state index contributed by atoms with van der Waals surface area (Å²) in [5.41, 5.74) is 8.88. The maximum atomic E-state index is 2.41. The molecule has 0 radical (unpaired) electrons. The summed E-state index contributed by atoms with van der Waals surface area (Å²) < 4.78 is 0. The quantitative estimate of drug-likeness (QED) is 0.610. The first-order chi connectivity index (χ1) is 9.84. The van der Waals surface area contributed by atoms with Crippen molar-refractivity contribution >= 4 is 0 Å². The Bertz CT molecular complexity index is 588. The molecule has 0 N–H and O–H groups in total. The van der Waals surface area contributed by atoms with Gasteiger partial charge in [-0.15, -0.1) is 0 Å². The Hall–Kier alpha value is -1.30. The topological polar surface area (TPSA) is 0 Å². The Morgan fingerprint density at radius 3 is 2.35 bits per heavy atom. The summed E-state index contributed by atoms with van der Waals surface area (Å²) in [4.78, 5) is 0. The molecule has 1 aromatic carbocycles. The van der Waals surface area contributed by atoms with Crippen LogP contribution in [-0.4, -0.2) is 0 Å². The van der Waals surface area contributed by atoms with E-state index in [9.17, 15) is 0 Å². The molecule has 0 saturated heterocycles. The third-order valence-corrected chi connectivity index (χ3v) is 5.90. The molecule has 104 valence electrons. The molecule has 0 nitrogen and oxygen atoms in total. The summed E-state index contributed by atoms with van der Waals surface area (Å²) >= 11 is 0. The van der Waals surface area contributed by atoms with Crippen molar-refractivity contribution in [2.24, 2.45) is 0 Å². The van der Waals surface area contributed by atoms with E-state index in [1.54, 1.807) is 22.3 Å². The fraction of sp³-hybridized carbons (Fsp3) is 0.500. The molecular formula is C20H24.